The number of rotatable bonds is 8. The van der Waals surface area contributed by atoms with E-state index in [0.29, 0.717) is 6.42 Å². The summed E-state index contributed by atoms with van der Waals surface area (Å²) in [6.07, 6.45) is 12.7. The van der Waals surface area contributed by atoms with Gasteiger partial charge in [-0.15, -0.1) is 0 Å². The molecule has 1 atom stereocenters. The maximum Gasteiger partial charge on any atom is 0.243 e. The van der Waals surface area contributed by atoms with E-state index in [-0.39, 0.29) is 29.7 Å². The van der Waals surface area contributed by atoms with Gasteiger partial charge in [0.15, 0.2) is 0 Å². The zero-order valence-corrected chi connectivity index (χ0v) is 21.3. The number of methoxy groups -OCH3 is 1. The molecule has 2 saturated carbocycles. The number of amides is 1. The number of halogens is 1. The van der Waals surface area contributed by atoms with Crippen LogP contribution in [0.15, 0.2) is 42.5 Å². The summed E-state index contributed by atoms with van der Waals surface area (Å²) in [6, 6.07) is 12.7. The first-order chi connectivity index (χ1) is 17.6. The van der Waals surface area contributed by atoms with Crippen molar-refractivity contribution in [2.75, 3.05) is 7.11 Å². The number of carbonyl (C=O) groups is 1. The summed E-state index contributed by atoms with van der Waals surface area (Å²) in [5, 5.41) is 3.40. The van der Waals surface area contributed by atoms with Gasteiger partial charge in [0.2, 0.25) is 5.91 Å². The first-order valence-corrected chi connectivity index (χ1v) is 13.7. The predicted octanol–water partition coefficient (Wildman–Crippen LogP) is 6.54. The standard InChI is InChI=1S/C30H38FN3O2/c1-36-25-16-12-21(13-17-25)14-19-28-33-26-18-15-23(31)20-27(26)34(28)29(22-8-4-2-5-9-22)30(35)32-24-10-6-3-7-11-24/h12-13,15-18,20,22,24,29H,2-11,14,19H2,1H3,(H,32,35). The molecule has 2 aliphatic rings. The lowest BCUT2D eigenvalue weighted by atomic mass is 9.82. The maximum atomic E-state index is 14.5. The van der Waals surface area contributed by atoms with Crippen LogP contribution in [0.3, 0.4) is 0 Å². The Kier molecular flexibility index (Phi) is 7.88. The van der Waals surface area contributed by atoms with E-state index in [9.17, 15) is 9.18 Å². The zero-order valence-electron chi connectivity index (χ0n) is 21.3. The van der Waals surface area contributed by atoms with Crippen LogP contribution in [0.4, 0.5) is 4.39 Å². The molecule has 5 rings (SSSR count). The molecule has 1 unspecified atom stereocenters. The second-order valence-electron chi connectivity index (χ2n) is 10.6. The van der Waals surface area contributed by atoms with Crippen molar-refractivity contribution in [1.29, 1.82) is 0 Å². The molecule has 2 aromatic carbocycles. The van der Waals surface area contributed by atoms with Gasteiger partial charge in [-0.2, -0.15) is 0 Å². The van der Waals surface area contributed by atoms with E-state index in [1.54, 1.807) is 19.2 Å². The lowest BCUT2D eigenvalue weighted by Crippen LogP contribution is -2.43. The maximum absolute atomic E-state index is 14.5. The summed E-state index contributed by atoms with van der Waals surface area (Å²) < 4.78 is 21.9. The van der Waals surface area contributed by atoms with Gasteiger partial charge in [0.25, 0.3) is 0 Å². The summed E-state index contributed by atoms with van der Waals surface area (Å²) in [7, 11) is 1.67. The van der Waals surface area contributed by atoms with Crippen LogP contribution in [0.1, 0.15) is 81.6 Å². The molecule has 1 amide bonds. The van der Waals surface area contributed by atoms with Crippen molar-refractivity contribution in [1.82, 2.24) is 14.9 Å². The number of imidazole rings is 1. The second kappa shape index (κ2) is 11.4. The Bertz CT molecular complexity index is 1160. The largest absolute Gasteiger partial charge is 0.497 e. The van der Waals surface area contributed by atoms with Crippen LogP contribution < -0.4 is 10.1 Å². The van der Waals surface area contributed by atoms with Crippen molar-refractivity contribution in [2.45, 2.75) is 89.1 Å². The molecule has 36 heavy (non-hydrogen) atoms. The number of ether oxygens (including phenoxy) is 1. The minimum absolute atomic E-state index is 0.0862. The quantitative estimate of drug-likeness (QED) is 0.389. The van der Waals surface area contributed by atoms with Crippen LogP contribution in [0.25, 0.3) is 11.0 Å². The molecule has 0 saturated heterocycles. The van der Waals surface area contributed by atoms with Crippen LogP contribution in [0.5, 0.6) is 5.75 Å². The average molecular weight is 492 g/mol. The number of fused-ring (bicyclic) bond motifs is 1. The van der Waals surface area contributed by atoms with E-state index in [0.717, 1.165) is 67.6 Å². The smallest absolute Gasteiger partial charge is 0.243 e. The molecule has 1 N–H and O–H groups in total. The third-order valence-corrected chi connectivity index (χ3v) is 8.12. The van der Waals surface area contributed by atoms with Crippen LogP contribution in [-0.2, 0) is 17.6 Å². The zero-order chi connectivity index (χ0) is 24.9. The Morgan fingerprint density at radius 1 is 1.00 bits per heavy atom. The van der Waals surface area contributed by atoms with E-state index in [2.05, 4.69) is 22.0 Å². The van der Waals surface area contributed by atoms with Gasteiger partial charge < -0.3 is 14.6 Å². The first kappa shape index (κ1) is 24.8. The summed E-state index contributed by atoms with van der Waals surface area (Å²) in [5.74, 6) is 1.73. The van der Waals surface area contributed by atoms with Crippen LogP contribution >= 0.6 is 0 Å². The van der Waals surface area contributed by atoms with Crippen LogP contribution in [0.2, 0.25) is 0 Å². The van der Waals surface area contributed by atoms with Gasteiger partial charge in [-0.3, -0.25) is 4.79 Å². The molecular formula is C30H38FN3O2. The van der Waals surface area contributed by atoms with Gasteiger partial charge in [-0.1, -0.05) is 50.7 Å². The van der Waals surface area contributed by atoms with Crippen molar-refractivity contribution < 1.29 is 13.9 Å². The number of hydrogen-bond donors (Lipinski definition) is 1. The Morgan fingerprint density at radius 3 is 2.39 bits per heavy atom. The van der Waals surface area contributed by atoms with Crippen molar-refractivity contribution in [3.8, 4) is 5.75 Å². The number of nitrogens with one attached hydrogen (secondary N) is 1. The van der Waals surface area contributed by atoms with Gasteiger partial charge in [-0.05, 0) is 73.9 Å². The highest BCUT2D eigenvalue weighted by molar-refractivity contribution is 5.85. The van der Waals surface area contributed by atoms with Crippen LogP contribution in [-0.4, -0.2) is 28.6 Å². The van der Waals surface area contributed by atoms with Gasteiger partial charge in [0.05, 0.1) is 18.1 Å². The van der Waals surface area contributed by atoms with Crippen LogP contribution in [0, 0.1) is 11.7 Å². The van der Waals surface area contributed by atoms with E-state index >= 15 is 0 Å². The molecule has 2 fully saturated rings. The second-order valence-corrected chi connectivity index (χ2v) is 10.6. The fraction of sp³-hybridized carbons (Fsp3) is 0.533. The third-order valence-electron chi connectivity index (χ3n) is 8.12. The summed E-state index contributed by atoms with van der Waals surface area (Å²) in [6.45, 7) is 0. The summed E-state index contributed by atoms with van der Waals surface area (Å²) in [4.78, 5) is 18.9. The molecular weight excluding hydrogens is 453 g/mol. The molecule has 1 heterocycles. The summed E-state index contributed by atoms with van der Waals surface area (Å²) >= 11 is 0. The van der Waals surface area contributed by atoms with Crippen molar-refractivity contribution in [2.24, 2.45) is 5.92 Å². The van der Waals surface area contributed by atoms with E-state index in [1.165, 1.54) is 37.3 Å². The van der Waals surface area contributed by atoms with Gasteiger partial charge in [-0.25, -0.2) is 9.37 Å². The first-order valence-electron chi connectivity index (χ1n) is 13.7. The monoisotopic (exact) mass is 491 g/mol. The number of aromatic nitrogens is 2. The third kappa shape index (κ3) is 5.58. The molecule has 0 spiro atoms. The molecule has 6 heteroatoms. The molecule has 2 aliphatic carbocycles. The van der Waals surface area contributed by atoms with Gasteiger partial charge >= 0.3 is 0 Å². The Labute approximate surface area is 213 Å². The Morgan fingerprint density at radius 2 is 1.69 bits per heavy atom. The van der Waals surface area contributed by atoms with Crippen molar-refractivity contribution in [3.63, 3.8) is 0 Å². The topological polar surface area (TPSA) is 56.2 Å². The Balaban J connectivity index is 1.50. The SMILES string of the molecule is COc1ccc(CCc2nc3ccc(F)cc3n2C(C(=O)NC2CCCCC2)C2CCCCC2)cc1. The predicted molar refractivity (Wildman–Crippen MR) is 141 cm³/mol. The lowest BCUT2D eigenvalue weighted by molar-refractivity contribution is -0.127. The number of hydrogen-bond acceptors (Lipinski definition) is 3. The number of carbonyl (C=O) groups excluding carboxylic acids is 1. The highest BCUT2D eigenvalue weighted by Gasteiger charge is 2.35. The normalized spacial score (nSPS) is 18.3. The van der Waals surface area contributed by atoms with E-state index in [1.807, 2.05) is 12.1 Å². The molecule has 0 radical (unpaired) electrons. The molecule has 0 aliphatic heterocycles. The lowest BCUT2D eigenvalue weighted by Gasteiger charge is -2.33. The number of benzene rings is 2. The molecule has 192 valence electrons. The van der Waals surface area contributed by atoms with Crippen molar-refractivity contribution in [3.05, 3.63) is 59.7 Å². The highest BCUT2D eigenvalue weighted by Crippen LogP contribution is 2.37. The number of nitrogens with zero attached hydrogens (tertiary/aromatic N) is 2. The molecule has 3 aromatic rings. The fourth-order valence-corrected chi connectivity index (χ4v) is 6.18. The highest BCUT2D eigenvalue weighted by atomic mass is 19.1. The number of aryl methyl sites for hydroxylation is 2. The van der Waals surface area contributed by atoms with E-state index < -0.39 is 0 Å². The molecule has 0 bridgehead atoms. The average Bonchev–Trinajstić information content (AvgIpc) is 3.26. The fourth-order valence-electron chi connectivity index (χ4n) is 6.18. The van der Waals surface area contributed by atoms with E-state index in [4.69, 9.17) is 9.72 Å². The minimum atomic E-state index is -0.357. The van der Waals surface area contributed by atoms with Gasteiger partial charge in [0.1, 0.15) is 23.4 Å². The molecule has 5 nitrogen and oxygen atoms in total. The minimum Gasteiger partial charge on any atom is -0.497 e. The van der Waals surface area contributed by atoms with Crippen molar-refractivity contribution >= 4 is 16.9 Å². The summed E-state index contributed by atoms with van der Waals surface area (Å²) in [5.41, 5.74) is 2.67. The Hall–Kier alpha value is -2.89. The van der Waals surface area contributed by atoms with Gasteiger partial charge in [0, 0.05) is 12.5 Å². The molecule has 1 aromatic heterocycles.